The van der Waals surface area contributed by atoms with E-state index in [4.69, 9.17) is 19.5 Å². The summed E-state index contributed by atoms with van der Waals surface area (Å²) in [5.74, 6) is -1.94. The van der Waals surface area contributed by atoms with Crippen LogP contribution in [0.1, 0.15) is 50.0 Å². The Bertz CT molecular complexity index is 1190. The smallest absolute Gasteiger partial charge is 0.395 e. The molecule has 6 N–H and O–H groups in total. The number of aromatic nitrogens is 2. The quantitative estimate of drug-likeness (QED) is 0.120. The first-order valence-corrected chi connectivity index (χ1v) is 15.2. The molecule has 16 heteroatoms. The van der Waals surface area contributed by atoms with Crippen molar-refractivity contribution in [2.24, 2.45) is 11.1 Å². The Kier molecular flexibility index (Phi) is 13.5. The standard InChI is InChI=1S/C25H38FN4O9PS/c1-16(32)22(33)20(39-17(2)30-13-19(26)21(29-30)23(27)34)14-38-40(36,28-12-18-8-6-5-7-9-18)37-10-11-41-24(35)25(3,4)15-31/h5-9,13,16-17,20,22,31-33H,10-12,14-15H2,1-4H3,(H2,27,34)(H,28,36)/t16?,17?,20-,22?,40?/m1/s1. The molecule has 0 radical (unpaired) electrons. The van der Waals surface area contributed by atoms with E-state index in [1.807, 2.05) is 6.07 Å². The number of nitrogens with one attached hydrogen (secondary N) is 1. The molecule has 5 atom stereocenters. The minimum Gasteiger partial charge on any atom is -0.395 e. The number of carbonyl (C=O) groups is 2. The zero-order valence-electron chi connectivity index (χ0n) is 23.3. The van der Waals surface area contributed by atoms with Gasteiger partial charge in [-0.1, -0.05) is 42.1 Å². The molecule has 1 heterocycles. The molecule has 2 aromatic rings. The molecule has 13 nitrogen and oxygen atoms in total. The first-order valence-electron chi connectivity index (χ1n) is 12.7. The molecular weight excluding hydrogens is 582 g/mol. The van der Waals surface area contributed by atoms with E-state index in [9.17, 15) is 33.9 Å². The Labute approximate surface area is 242 Å². The van der Waals surface area contributed by atoms with Crippen LogP contribution in [0.5, 0.6) is 0 Å². The summed E-state index contributed by atoms with van der Waals surface area (Å²) in [6, 6.07) is 8.98. The second-order valence-corrected chi connectivity index (χ2v) is 12.7. The second kappa shape index (κ2) is 15.9. The predicted octanol–water partition coefficient (Wildman–Crippen LogP) is 1.98. The number of carbonyl (C=O) groups excluding carboxylic acids is 2. The molecule has 1 amide bonds. The van der Waals surface area contributed by atoms with E-state index >= 15 is 0 Å². The maximum atomic E-state index is 14.0. The van der Waals surface area contributed by atoms with E-state index in [-0.39, 0.29) is 30.6 Å². The Morgan fingerprint density at radius 1 is 1.22 bits per heavy atom. The molecule has 0 saturated heterocycles. The molecule has 0 aliphatic carbocycles. The van der Waals surface area contributed by atoms with Crippen LogP contribution in [-0.2, 0) is 29.7 Å². The zero-order chi connectivity index (χ0) is 30.8. The normalized spacial score (nSPS) is 16.5. The Hall–Kier alpha value is -2.20. The number of amides is 1. The molecule has 41 heavy (non-hydrogen) atoms. The number of nitrogens with zero attached hydrogens (tertiary/aromatic N) is 2. The molecule has 1 aromatic heterocycles. The van der Waals surface area contributed by atoms with Crippen molar-refractivity contribution in [3.05, 3.63) is 53.6 Å². The summed E-state index contributed by atoms with van der Waals surface area (Å²) in [5.41, 5.74) is 4.32. The summed E-state index contributed by atoms with van der Waals surface area (Å²) in [5, 5.41) is 36.1. The fourth-order valence-corrected chi connectivity index (χ4v) is 5.44. The molecule has 230 valence electrons. The van der Waals surface area contributed by atoms with Crippen molar-refractivity contribution in [1.29, 1.82) is 0 Å². The van der Waals surface area contributed by atoms with Crippen LogP contribution in [0.15, 0.2) is 36.5 Å². The van der Waals surface area contributed by atoms with Gasteiger partial charge in [0.05, 0.1) is 37.5 Å². The van der Waals surface area contributed by atoms with Gasteiger partial charge < -0.3 is 25.8 Å². The highest BCUT2D eigenvalue weighted by molar-refractivity contribution is 8.13. The van der Waals surface area contributed by atoms with Crippen LogP contribution in [0, 0.1) is 11.2 Å². The van der Waals surface area contributed by atoms with Gasteiger partial charge in [0.1, 0.15) is 18.4 Å². The number of halogens is 1. The topological polar surface area (TPSA) is 195 Å². The fourth-order valence-electron chi connectivity index (χ4n) is 3.20. The lowest BCUT2D eigenvalue weighted by Crippen LogP contribution is -2.42. The van der Waals surface area contributed by atoms with Gasteiger partial charge in [0.25, 0.3) is 5.91 Å². The SMILES string of the molecule is CC(O)C(O)[C@@H](COP(=O)(NCc1ccccc1)OCCSC(=O)C(C)(C)CO)OC(C)n1cc(F)c(C(N)=O)n1. The lowest BCUT2D eigenvalue weighted by molar-refractivity contribution is -0.142. The van der Waals surface area contributed by atoms with E-state index in [0.717, 1.165) is 28.2 Å². The van der Waals surface area contributed by atoms with Crippen molar-refractivity contribution < 1.29 is 47.6 Å². The van der Waals surface area contributed by atoms with Crippen LogP contribution >= 0.6 is 19.5 Å². The Balaban J connectivity index is 2.15. The van der Waals surface area contributed by atoms with Crippen molar-refractivity contribution in [2.75, 3.05) is 25.6 Å². The summed E-state index contributed by atoms with van der Waals surface area (Å²) >= 11 is 0.908. The summed E-state index contributed by atoms with van der Waals surface area (Å²) in [7, 11) is -4.09. The fraction of sp³-hybridized carbons (Fsp3) is 0.560. The first kappa shape index (κ1) is 35.0. The number of primary amides is 1. The average Bonchev–Trinajstić information content (AvgIpc) is 3.34. The van der Waals surface area contributed by atoms with E-state index in [0.29, 0.717) is 0 Å². The van der Waals surface area contributed by atoms with E-state index in [1.54, 1.807) is 38.1 Å². The number of ether oxygens (including phenoxy) is 1. The monoisotopic (exact) mass is 620 g/mol. The van der Waals surface area contributed by atoms with Gasteiger partial charge in [0.15, 0.2) is 16.6 Å². The molecule has 0 fully saturated rings. The van der Waals surface area contributed by atoms with Crippen molar-refractivity contribution >= 4 is 30.5 Å². The summed E-state index contributed by atoms with van der Waals surface area (Å²) < 4.78 is 45.5. The van der Waals surface area contributed by atoms with E-state index in [2.05, 4.69) is 10.2 Å². The predicted molar refractivity (Wildman–Crippen MR) is 149 cm³/mol. The zero-order valence-corrected chi connectivity index (χ0v) is 25.0. The van der Waals surface area contributed by atoms with Gasteiger partial charge >= 0.3 is 7.75 Å². The van der Waals surface area contributed by atoms with Gasteiger partial charge in [-0.05, 0) is 33.3 Å². The number of hydrogen-bond acceptors (Lipinski definition) is 11. The van der Waals surface area contributed by atoms with Gasteiger partial charge in [0, 0.05) is 12.3 Å². The largest absolute Gasteiger partial charge is 0.405 e. The highest BCUT2D eigenvalue weighted by atomic mass is 32.2. The van der Waals surface area contributed by atoms with Crippen LogP contribution in [0.3, 0.4) is 0 Å². The maximum Gasteiger partial charge on any atom is 0.405 e. The van der Waals surface area contributed by atoms with Crippen molar-refractivity contribution in [1.82, 2.24) is 14.9 Å². The number of thioether (sulfide) groups is 1. The molecule has 0 aliphatic rings. The molecule has 0 aliphatic heterocycles. The number of hydrogen-bond donors (Lipinski definition) is 5. The Morgan fingerprint density at radius 3 is 2.44 bits per heavy atom. The van der Waals surface area contributed by atoms with Crippen LogP contribution in [0.4, 0.5) is 4.39 Å². The molecule has 0 saturated carbocycles. The number of aliphatic hydroxyl groups is 3. The van der Waals surface area contributed by atoms with Gasteiger partial charge in [-0.25, -0.2) is 18.7 Å². The third-order valence-corrected chi connectivity index (χ3v) is 8.54. The summed E-state index contributed by atoms with van der Waals surface area (Å²) in [6.07, 6.45) is -4.35. The minimum absolute atomic E-state index is 0.0884. The van der Waals surface area contributed by atoms with Crippen LogP contribution in [0.25, 0.3) is 0 Å². The van der Waals surface area contributed by atoms with Gasteiger partial charge in [0.2, 0.25) is 0 Å². The molecule has 2 rings (SSSR count). The van der Waals surface area contributed by atoms with Crippen LogP contribution in [-0.4, -0.2) is 80.0 Å². The molecule has 0 bridgehead atoms. The highest BCUT2D eigenvalue weighted by Crippen LogP contribution is 2.44. The molecule has 4 unspecified atom stereocenters. The minimum atomic E-state index is -4.09. The maximum absolute atomic E-state index is 14.0. The second-order valence-electron chi connectivity index (χ2n) is 9.80. The average molecular weight is 621 g/mol. The lowest BCUT2D eigenvalue weighted by atomic mass is 9.97. The molecule has 0 spiro atoms. The highest BCUT2D eigenvalue weighted by Gasteiger charge is 2.33. The molecular formula is C25H38FN4O9PS. The number of nitrogens with two attached hydrogens (primary N) is 1. The van der Waals surface area contributed by atoms with Crippen molar-refractivity contribution in [2.45, 2.75) is 58.8 Å². The van der Waals surface area contributed by atoms with E-state index in [1.165, 1.54) is 13.8 Å². The third-order valence-electron chi connectivity index (χ3n) is 5.79. The summed E-state index contributed by atoms with van der Waals surface area (Å²) in [6.45, 7) is 4.97. The van der Waals surface area contributed by atoms with Gasteiger partial charge in [-0.15, -0.1) is 0 Å². The van der Waals surface area contributed by atoms with Crippen LogP contribution < -0.4 is 10.8 Å². The van der Waals surface area contributed by atoms with Crippen molar-refractivity contribution in [3.8, 4) is 0 Å². The van der Waals surface area contributed by atoms with Gasteiger partial charge in [-0.3, -0.25) is 18.6 Å². The number of benzene rings is 1. The molecule has 1 aromatic carbocycles. The van der Waals surface area contributed by atoms with Crippen molar-refractivity contribution in [3.63, 3.8) is 0 Å². The van der Waals surface area contributed by atoms with Gasteiger partial charge in [-0.2, -0.15) is 5.10 Å². The Morgan fingerprint density at radius 2 is 1.88 bits per heavy atom. The third kappa shape index (κ3) is 10.9. The first-order chi connectivity index (χ1) is 19.2. The van der Waals surface area contributed by atoms with E-state index < -0.39 is 61.7 Å². The summed E-state index contributed by atoms with van der Waals surface area (Å²) in [4.78, 5) is 23.6. The van der Waals surface area contributed by atoms with Crippen LogP contribution in [0.2, 0.25) is 0 Å². The number of rotatable bonds is 18. The number of aliphatic hydroxyl groups excluding tert-OH is 3. The lowest BCUT2D eigenvalue weighted by Gasteiger charge is -2.29.